The Kier molecular flexibility index (Phi) is 3.61. The number of pyridine rings is 1. The minimum Gasteiger partial charge on any atom is -0.453 e. The maximum Gasteiger partial charge on any atom is 0.411 e. The molecular weight excluding hydrogens is 314 g/mol. The maximum absolute atomic E-state index is 11.5. The number of fused-ring (bicyclic) bond motifs is 3. The molecule has 0 aliphatic heterocycles. The predicted octanol–water partition coefficient (Wildman–Crippen LogP) is 4.64. The summed E-state index contributed by atoms with van der Waals surface area (Å²) in [6, 6.07) is 15.9. The highest BCUT2D eigenvalue weighted by Crippen LogP contribution is 2.28. The van der Waals surface area contributed by atoms with Crippen molar-refractivity contribution >= 4 is 28.2 Å². The zero-order valence-electron chi connectivity index (χ0n) is 14.0. The molecule has 0 aliphatic carbocycles. The number of hydrogen-bond donors (Lipinski definition) is 1. The van der Waals surface area contributed by atoms with Crippen molar-refractivity contribution < 1.29 is 9.53 Å². The second-order valence-electron chi connectivity index (χ2n) is 5.91. The van der Waals surface area contributed by atoms with Gasteiger partial charge in [-0.3, -0.25) is 5.32 Å². The normalized spacial score (nSPS) is 11.0. The lowest BCUT2D eigenvalue weighted by atomic mass is 10.1. The van der Waals surface area contributed by atoms with Gasteiger partial charge in [-0.2, -0.15) is 0 Å². The van der Waals surface area contributed by atoms with Gasteiger partial charge in [-0.05, 0) is 36.1 Å². The third-order valence-corrected chi connectivity index (χ3v) is 4.29. The Bertz CT molecular complexity index is 1100. The molecule has 1 N–H and O–H groups in total. The molecule has 0 saturated heterocycles. The highest BCUT2D eigenvalue weighted by Gasteiger charge is 2.10. The molecule has 4 aromatic rings. The van der Waals surface area contributed by atoms with Crippen LogP contribution in [0.4, 0.5) is 10.5 Å². The Balaban J connectivity index is 1.89. The van der Waals surface area contributed by atoms with Gasteiger partial charge in [0, 0.05) is 29.0 Å². The molecule has 1 amide bonds. The zero-order chi connectivity index (χ0) is 17.4. The third kappa shape index (κ3) is 2.70. The molecule has 0 fully saturated rings. The number of aryl methyl sites for hydroxylation is 1. The number of benzene rings is 2. The third-order valence-electron chi connectivity index (χ3n) is 4.29. The summed E-state index contributed by atoms with van der Waals surface area (Å²) in [6.07, 6.45) is 3.53. The van der Waals surface area contributed by atoms with Gasteiger partial charge in [-0.15, -0.1) is 0 Å². The quantitative estimate of drug-likeness (QED) is 0.582. The number of rotatable bonds is 2. The zero-order valence-corrected chi connectivity index (χ0v) is 14.0. The standard InChI is InChI=1S/C20H17N3O2/c1-13-5-3-4-6-16(13)18-12-23-10-9-14-7-8-15(21-20(24)25-2)11-17(14)19(23)22-18/h3-12H,1-2H3,(H,21,24). The number of imidazole rings is 1. The molecular formula is C20H17N3O2. The van der Waals surface area contributed by atoms with Crippen LogP contribution < -0.4 is 5.32 Å². The van der Waals surface area contributed by atoms with Crippen molar-refractivity contribution in [1.82, 2.24) is 9.38 Å². The molecule has 0 unspecified atom stereocenters. The second-order valence-corrected chi connectivity index (χ2v) is 5.91. The largest absolute Gasteiger partial charge is 0.453 e. The summed E-state index contributed by atoms with van der Waals surface area (Å²) in [4.78, 5) is 16.3. The van der Waals surface area contributed by atoms with Crippen LogP contribution in [0, 0.1) is 6.92 Å². The summed E-state index contributed by atoms with van der Waals surface area (Å²) in [7, 11) is 1.34. The first-order valence-electron chi connectivity index (χ1n) is 7.98. The Morgan fingerprint density at radius 3 is 2.80 bits per heavy atom. The molecule has 0 radical (unpaired) electrons. The maximum atomic E-state index is 11.5. The van der Waals surface area contributed by atoms with Crippen molar-refractivity contribution in [3.8, 4) is 11.3 Å². The second kappa shape index (κ2) is 5.94. The average molecular weight is 331 g/mol. The Labute approximate surface area is 144 Å². The van der Waals surface area contributed by atoms with Gasteiger partial charge < -0.3 is 9.14 Å². The summed E-state index contributed by atoms with van der Waals surface area (Å²) < 4.78 is 6.66. The summed E-state index contributed by atoms with van der Waals surface area (Å²) in [6.45, 7) is 2.08. The van der Waals surface area contributed by atoms with Gasteiger partial charge in [0.1, 0.15) is 5.65 Å². The molecule has 0 spiro atoms. The summed E-state index contributed by atoms with van der Waals surface area (Å²) in [5.74, 6) is 0. The number of hydrogen-bond acceptors (Lipinski definition) is 3. The number of ether oxygens (including phenoxy) is 1. The summed E-state index contributed by atoms with van der Waals surface area (Å²) >= 11 is 0. The number of amides is 1. The number of anilines is 1. The SMILES string of the molecule is COC(=O)Nc1ccc2ccn3cc(-c4ccccc4C)nc3c2c1. The average Bonchev–Trinajstić information content (AvgIpc) is 3.06. The molecule has 2 aromatic heterocycles. The fourth-order valence-corrected chi connectivity index (χ4v) is 3.00. The monoisotopic (exact) mass is 331 g/mol. The van der Waals surface area contributed by atoms with Crippen molar-refractivity contribution in [2.75, 3.05) is 12.4 Å². The summed E-state index contributed by atoms with van der Waals surface area (Å²) in [5.41, 5.74) is 4.75. The highest BCUT2D eigenvalue weighted by atomic mass is 16.5. The van der Waals surface area contributed by atoms with E-state index in [0.29, 0.717) is 5.69 Å². The van der Waals surface area contributed by atoms with Crippen molar-refractivity contribution in [2.24, 2.45) is 0 Å². The van der Waals surface area contributed by atoms with E-state index in [9.17, 15) is 4.79 Å². The van der Waals surface area contributed by atoms with E-state index in [0.717, 1.165) is 27.7 Å². The molecule has 25 heavy (non-hydrogen) atoms. The number of aromatic nitrogens is 2. The number of carbonyl (C=O) groups excluding carboxylic acids is 1. The minimum atomic E-state index is -0.491. The summed E-state index contributed by atoms with van der Waals surface area (Å²) in [5, 5.41) is 4.73. The van der Waals surface area contributed by atoms with Gasteiger partial charge in [0.15, 0.2) is 0 Å². The molecule has 0 bridgehead atoms. The van der Waals surface area contributed by atoms with Crippen LogP contribution in [-0.4, -0.2) is 22.6 Å². The van der Waals surface area contributed by atoms with Crippen LogP contribution in [0.25, 0.3) is 27.7 Å². The van der Waals surface area contributed by atoms with Gasteiger partial charge in [0.05, 0.1) is 12.8 Å². The van der Waals surface area contributed by atoms with Gasteiger partial charge in [-0.25, -0.2) is 9.78 Å². The lowest BCUT2D eigenvalue weighted by Crippen LogP contribution is -2.10. The molecule has 0 atom stereocenters. The molecule has 0 saturated carbocycles. The molecule has 5 heteroatoms. The fourth-order valence-electron chi connectivity index (χ4n) is 3.00. The molecule has 0 aliphatic rings. The number of nitrogens with one attached hydrogen (secondary N) is 1. The van der Waals surface area contributed by atoms with E-state index < -0.39 is 6.09 Å². The Hall–Kier alpha value is -3.34. The Morgan fingerprint density at radius 1 is 1.16 bits per heavy atom. The first-order chi connectivity index (χ1) is 12.2. The van der Waals surface area contributed by atoms with Crippen molar-refractivity contribution in [1.29, 1.82) is 0 Å². The first kappa shape index (κ1) is 15.2. The van der Waals surface area contributed by atoms with E-state index >= 15 is 0 Å². The first-order valence-corrected chi connectivity index (χ1v) is 7.98. The molecule has 5 nitrogen and oxygen atoms in total. The van der Waals surface area contributed by atoms with Gasteiger partial charge in [0.25, 0.3) is 0 Å². The van der Waals surface area contributed by atoms with Crippen LogP contribution in [0.3, 0.4) is 0 Å². The molecule has 4 rings (SSSR count). The molecule has 2 aromatic carbocycles. The number of methoxy groups -OCH3 is 1. The van der Waals surface area contributed by atoms with Crippen LogP contribution in [-0.2, 0) is 4.74 Å². The van der Waals surface area contributed by atoms with Crippen LogP contribution >= 0.6 is 0 Å². The van der Waals surface area contributed by atoms with Crippen LogP contribution in [0.2, 0.25) is 0 Å². The van der Waals surface area contributed by atoms with E-state index in [2.05, 4.69) is 29.1 Å². The smallest absolute Gasteiger partial charge is 0.411 e. The van der Waals surface area contributed by atoms with Crippen LogP contribution in [0.15, 0.2) is 60.9 Å². The van der Waals surface area contributed by atoms with E-state index in [-0.39, 0.29) is 0 Å². The van der Waals surface area contributed by atoms with Crippen molar-refractivity contribution in [3.05, 3.63) is 66.5 Å². The predicted molar refractivity (Wildman–Crippen MR) is 98.9 cm³/mol. The van der Waals surface area contributed by atoms with Crippen molar-refractivity contribution in [3.63, 3.8) is 0 Å². The number of nitrogens with zero attached hydrogens (tertiary/aromatic N) is 2. The minimum absolute atomic E-state index is 0.491. The number of carbonyl (C=O) groups is 1. The lowest BCUT2D eigenvalue weighted by molar-refractivity contribution is 0.187. The van der Waals surface area contributed by atoms with E-state index in [1.165, 1.54) is 12.7 Å². The van der Waals surface area contributed by atoms with Crippen molar-refractivity contribution in [2.45, 2.75) is 6.92 Å². The lowest BCUT2D eigenvalue weighted by Gasteiger charge is -2.06. The Morgan fingerprint density at radius 2 is 2.00 bits per heavy atom. The molecule has 2 heterocycles. The highest BCUT2D eigenvalue weighted by molar-refractivity contribution is 5.98. The van der Waals surface area contributed by atoms with Gasteiger partial charge in [0.2, 0.25) is 0 Å². The fraction of sp³-hybridized carbons (Fsp3) is 0.100. The van der Waals surface area contributed by atoms with Crippen LogP contribution in [0.1, 0.15) is 5.56 Å². The topological polar surface area (TPSA) is 55.6 Å². The van der Waals surface area contributed by atoms with E-state index in [4.69, 9.17) is 4.98 Å². The van der Waals surface area contributed by atoms with Gasteiger partial charge >= 0.3 is 6.09 Å². The van der Waals surface area contributed by atoms with E-state index in [1.807, 2.05) is 53.2 Å². The van der Waals surface area contributed by atoms with E-state index in [1.54, 1.807) is 0 Å². The van der Waals surface area contributed by atoms with Crippen LogP contribution in [0.5, 0.6) is 0 Å². The molecule has 124 valence electrons. The van der Waals surface area contributed by atoms with Gasteiger partial charge in [-0.1, -0.05) is 30.3 Å².